The number of hydrazine groups is 1. The fourth-order valence-corrected chi connectivity index (χ4v) is 2.29. The van der Waals surface area contributed by atoms with Gasteiger partial charge in [-0.1, -0.05) is 0 Å². The minimum atomic E-state index is 0.833. The van der Waals surface area contributed by atoms with Crippen LogP contribution >= 0.6 is 0 Å². The number of piperidine rings is 1. The van der Waals surface area contributed by atoms with Crippen molar-refractivity contribution in [3.63, 3.8) is 0 Å². The highest BCUT2D eigenvalue weighted by Gasteiger charge is 2.56. The van der Waals surface area contributed by atoms with Crippen molar-refractivity contribution in [3.8, 4) is 0 Å². The average molecular weight is 141 g/mol. The van der Waals surface area contributed by atoms with Gasteiger partial charge in [0, 0.05) is 19.1 Å². The highest BCUT2D eigenvalue weighted by atomic mass is 15.4. The molecule has 3 nitrogen and oxygen atoms in total. The molecule has 3 heteroatoms. The van der Waals surface area contributed by atoms with Crippen LogP contribution in [0.3, 0.4) is 0 Å². The van der Waals surface area contributed by atoms with E-state index in [1.54, 1.807) is 0 Å². The predicted octanol–water partition coefficient (Wildman–Crippen LogP) is -0.648. The quantitative estimate of drug-likeness (QED) is 0.493. The first-order chi connectivity index (χ1) is 4.70. The highest BCUT2D eigenvalue weighted by molar-refractivity contribution is 5.08. The van der Waals surface area contributed by atoms with E-state index in [1.165, 1.54) is 0 Å². The summed E-state index contributed by atoms with van der Waals surface area (Å²) in [6, 6.07) is 0.833. The van der Waals surface area contributed by atoms with Gasteiger partial charge in [-0.3, -0.25) is 5.84 Å². The van der Waals surface area contributed by atoms with Crippen molar-refractivity contribution in [2.75, 3.05) is 27.2 Å². The normalized spacial score (nSPS) is 46.2. The molecule has 0 radical (unpaired) electrons. The SMILES string of the molecule is CN(C)C1C2CN(N)CC21. The van der Waals surface area contributed by atoms with E-state index in [0.29, 0.717) is 0 Å². The number of nitrogens with zero attached hydrogens (tertiary/aromatic N) is 2. The molecule has 0 bridgehead atoms. The fraction of sp³-hybridized carbons (Fsp3) is 1.00. The summed E-state index contributed by atoms with van der Waals surface area (Å²) >= 11 is 0. The lowest BCUT2D eigenvalue weighted by molar-refractivity contribution is 0.255. The van der Waals surface area contributed by atoms with E-state index in [1.807, 2.05) is 5.01 Å². The third-order valence-corrected chi connectivity index (χ3v) is 2.77. The third-order valence-electron chi connectivity index (χ3n) is 2.77. The van der Waals surface area contributed by atoms with Gasteiger partial charge in [-0.15, -0.1) is 0 Å². The lowest BCUT2D eigenvalue weighted by Crippen LogP contribution is -2.35. The Hall–Kier alpha value is -0.120. The van der Waals surface area contributed by atoms with E-state index >= 15 is 0 Å². The molecule has 10 heavy (non-hydrogen) atoms. The Balaban J connectivity index is 1.92. The smallest absolute Gasteiger partial charge is 0.0179 e. The van der Waals surface area contributed by atoms with Crippen molar-refractivity contribution in [2.24, 2.45) is 17.7 Å². The molecule has 0 spiro atoms. The van der Waals surface area contributed by atoms with E-state index < -0.39 is 0 Å². The van der Waals surface area contributed by atoms with Gasteiger partial charge in [0.25, 0.3) is 0 Å². The second kappa shape index (κ2) is 1.94. The van der Waals surface area contributed by atoms with Crippen molar-refractivity contribution < 1.29 is 0 Å². The lowest BCUT2D eigenvalue weighted by Gasteiger charge is -2.16. The molecule has 0 aromatic heterocycles. The average Bonchev–Trinajstić information content (AvgIpc) is 2.32. The third kappa shape index (κ3) is 0.779. The van der Waals surface area contributed by atoms with Crippen LogP contribution in [0, 0.1) is 11.8 Å². The maximum Gasteiger partial charge on any atom is 0.0179 e. The maximum atomic E-state index is 5.63. The van der Waals surface area contributed by atoms with Gasteiger partial charge in [0.1, 0.15) is 0 Å². The van der Waals surface area contributed by atoms with Crippen molar-refractivity contribution in [2.45, 2.75) is 6.04 Å². The summed E-state index contributed by atoms with van der Waals surface area (Å²) in [6.45, 7) is 2.21. The number of hydrogen-bond donors (Lipinski definition) is 1. The van der Waals surface area contributed by atoms with Crippen LogP contribution in [-0.4, -0.2) is 43.1 Å². The van der Waals surface area contributed by atoms with Crippen LogP contribution in [0.2, 0.25) is 0 Å². The molecule has 1 aliphatic heterocycles. The van der Waals surface area contributed by atoms with E-state index in [9.17, 15) is 0 Å². The van der Waals surface area contributed by atoms with Crippen LogP contribution in [0.25, 0.3) is 0 Å². The monoisotopic (exact) mass is 141 g/mol. The van der Waals surface area contributed by atoms with Crippen LogP contribution in [0.5, 0.6) is 0 Å². The van der Waals surface area contributed by atoms with Gasteiger partial charge in [-0.05, 0) is 25.9 Å². The van der Waals surface area contributed by atoms with Crippen LogP contribution in [0.1, 0.15) is 0 Å². The number of fused-ring (bicyclic) bond motifs is 1. The number of rotatable bonds is 1. The second-order valence-electron chi connectivity index (χ2n) is 3.74. The molecule has 0 aromatic rings. The van der Waals surface area contributed by atoms with Gasteiger partial charge >= 0.3 is 0 Å². The largest absolute Gasteiger partial charge is 0.306 e. The summed E-state index contributed by atoms with van der Waals surface area (Å²) in [5, 5.41) is 1.94. The fourth-order valence-electron chi connectivity index (χ4n) is 2.29. The number of hydrogen-bond acceptors (Lipinski definition) is 3. The Bertz CT molecular complexity index is 134. The minimum absolute atomic E-state index is 0.833. The molecule has 0 amide bonds. The van der Waals surface area contributed by atoms with Crippen molar-refractivity contribution in [3.05, 3.63) is 0 Å². The molecule has 2 fully saturated rings. The molecule has 2 N–H and O–H groups in total. The van der Waals surface area contributed by atoms with E-state index in [4.69, 9.17) is 5.84 Å². The zero-order chi connectivity index (χ0) is 7.30. The Morgan fingerprint density at radius 2 is 1.80 bits per heavy atom. The molecule has 58 valence electrons. The van der Waals surface area contributed by atoms with Gasteiger partial charge in [-0.25, -0.2) is 5.01 Å². The van der Waals surface area contributed by atoms with Crippen molar-refractivity contribution in [1.29, 1.82) is 0 Å². The molecule has 1 heterocycles. The second-order valence-corrected chi connectivity index (χ2v) is 3.74. The molecule has 2 atom stereocenters. The van der Waals surface area contributed by atoms with E-state index in [2.05, 4.69) is 19.0 Å². The minimum Gasteiger partial charge on any atom is -0.306 e. The first kappa shape index (κ1) is 6.58. The maximum absolute atomic E-state index is 5.63. The molecule has 1 aliphatic carbocycles. The van der Waals surface area contributed by atoms with Crippen LogP contribution in [0.4, 0.5) is 0 Å². The van der Waals surface area contributed by atoms with Gasteiger partial charge in [-0.2, -0.15) is 0 Å². The Kier molecular flexibility index (Phi) is 1.27. The first-order valence-electron chi connectivity index (χ1n) is 3.86. The zero-order valence-corrected chi connectivity index (χ0v) is 6.62. The van der Waals surface area contributed by atoms with Crippen LogP contribution in [-0.2, 0) is 0 Å². The number of nitrogens with two attached hydrogens (primary N) is 1. The van der Waals surface area contributed by atoms with Crippen molar-refractivity contribution in [1.82, 2.24) is 9.91 Å². The molecular weight excluding hydrogens is 126 g/mol. The summed E-state index contributed by atoms with van der Waals surface area (Å²) in [5.41, 5.74) is 0. The summed E-state index contributed by atoms with van der Waals surface area (Å²) in [4.78, 5) is 2.32. The van der Waals surface area contributed by atoms with Crippen molar-refractivity contribution >= 4 is 0 Å². The zero-order valence-electron chi connectivity index (χ0n) is 6.62. The van der Waals surface area contributed by atoms with E-state index in [-0.39, 0.29) is 0 Å². The predicted molar refractivity (Wildman–Crippen MR) is 40.2 cm³/mol. The highest BCUT2D eigenvalue weighted by Crippen LogP contribution is 2.46. The van der Waals surface area contributed by atoms with E-state index in [0.717, 1.165) is 31.0 Å². The topological polar surface area (TPSA) is 32.5 Å². The first-order valence-corrected chi connectivity index (χ1v) is 3.86. The molecule has 2 aliphatic rings. The summed E-state index contributed by atoms with van der Waals surface area (Å²) in [7, 11) is 4.31. The summed E-state index contributed by atoms with van der Waals surface area (Å²) in [6.07, 6.45) is 0. The lowest BCUT2D eigenvalue weighted by atomic mass is 10.4. The summed E-state index contributed by atoms with van der Waals surface area (Å²) in [5.74, 6) is 7.38. The van der Waals surface area contributed by atoms with Crippen LogP contribution < -0.4 is 5.84 Å². The molecule has 2 unspecified atom stereocenters. The molecule has 2 rings (SSSR count). The van der Waals surface area contributed by atoms with Gasteiger partial charge < -0.3 is 4.90 Å². The summed E-state index contributed by atoms with van der Waals surface area (Å²) < 4.78 is 0. The van der Waals surface area contributed by atoms with Gasteiger partial charge in [0.2, 0.25) is 0 Å². The Labute approximate surface area is 61.7 Å². The Morgan fingerprint density at radius 3 is 2.20 bits per heavy atom. The molecule has 0 aromatic carbocycles. The van der Waals surface area contributed by atoms with Crippen LogP contribution in [0.15, 0.2) is 0 Å². The molecular formula is C7H15N3. The molecule has 1 saturated carbocycles. The standard InChI is InChI=1S/C7H15N3/c1-9(2)7-5-3-10(8)4-6(5)7/h5-7H,3-4,8H2,1-2H3. The molecule has 1 saturated heterocycles. The van der Waals surface area contributed by atoms with Gasteiger partial charge in [0.15, 0.2) is 0 Å². The Morgan fingerprint density at radius 1 is 1.30 bits per heavy atom. The van der Waals surface area contributed by atoms with Gasteiger partial charge in [0.05, 0.1) is 0 Å².